The van der Waals surface area contributed by atoms with Crippen LogP contribution in [0.3, 0.4) is 0 Å². The number of carbonyl (C=O) groups excluding carboxylic acids is 2. The number of fused-ring (bicyclic) bond motifs is 1. The molecule has 1 N–H and O–H groups in total. The molecule has 1 fully saturated rings. The number of nitro groups is 1. The van der Waals surface area contributed by atoms with Crippen molar-refractivity contribution in [3.63, 3.8) is 0 Å². The monoisotopic (exact) mass is 480 g/mol. The maximum Gasteiger partial charge on any atom is 0.272 e. The molecule has 0 bridgehead atoms. The normalized spacial score (nSPS) is 17.0. The van der Waals surface area contributed by atoms with E-state index in [0.717, 1.165) is 0 Å². The lowest BCUT2D eigenvalue weighted by Gasteiger charge is -2.22. The van der Waals surface area contributed by atoms with Crippen molar-refractivity contribution in [1.82, 2.24) is 4.98 Å². The number of amides is 2. The molecule has 0 spiro atoms. The topological polar surface area (TPSA) is 124 Å². The third-order valence-electron chi connectivity index (χ3n) is 5.77. The summed E-state index contributed by atoms with van der Waals surface area (Å²) in [6.07, 6.45) is 0.0860. The van der Waals surface area contributed by atoms with Crippen LogP contribution >= 0.6 is 11.3 Å². The van der Waals surface area contributed by atoms with E-state index >= 15 is 0 Å². The van der Waals surface area contributed by atoms with Gasteiger partial charge < -0.3 is 19.7 Å². The van der Waals surface area contributed by atoms with Crippen molar-refractivity contribution in [3.05, 3.63) is 57.5 Å². The van der Waals surface area contributed by atoms with E-state index in [9.17, 15) is 19.7 Å². The molecule has 2 aliphatic rings. The summed E-state index contributed by atoms with van der Waals surface area (Å²) >= 11 is 1.22. The predicted octanol–water partition coefficient (Wildman–Crippen LogP) is 3.79. The molecule has 0 radical (unpaired) electrons. The first-order valence-electron chi connectivity index (χ1n) is 10.6. The van der Waals surface area contributed by atoms with Gasteiger partial charge in [-0.3, -0.25) is 19.7 Å². The van der Waals surface area contributed by atoms with Gasteiger partial charge in [0.15, 0.2) is 16.6 Å². The van der Waals surface area contributed by atoms with Gasteiger partial charge in [-0.2, -0.15) is 0 Å². The first-order valence-corrected chi connectivity index (χ1v) is 11.5. The minimum Gasteiger partial charge on any atom is -0.486 e. The lowest BCUT2D eigenvalue weighted by Crippen LogP contribution is -2.28. The molecule has 2 aromatic carbocycles. The van der Waals surface area contributed by atoms with Gasteiger partial charge in [0.25, 0.3) is 5.69 Å². The van der Waals surface area contributed by atoms with Crippen molar-refractivity contribution in [1.29, 1.82) is 0 Å². The van der Waals surface area contributed by atoms with E-state index in [1.165, 1.54) is 17.4 Å². The van der Waals surface area contributed by atoms with Crippen molar-refractivity contribution in [3.8, 4) is 22.8 Å². The van der Waals surface area contributed by atoms with Crippen molar-refractivity contribution >= 4 is 39.7 Å². The molecule has 1 aromatic heterocycles. The number of nitrogens with zero attached hydrogens (tertiary/aromatic N) is 3. The fourth-order valence-electron chi connectivity index (χ4n) is 3.97. The summed E-state index contributed by atoms with van der Waals surface area (Å²) in [4.78, 5) is 42.2. The van der Waals surface area contributed by atoms with Gasteiger partial charge in [0, 0.05) is 47.3 Å². The van der Waals surface area contributed by atoms with Crippen LogP contribution in [-0.2, 0) is 9.59 Å². The van der Waals surface area contributed by atoms with Crippen LogP contribution in [0.4, 0.5) is 16.5 Å². The Bertz CT molecular complexity index is 1310. The maximum absolute atomic E-state index is 12.8. The summed E-state index contributed by atoms with van der Waals surface area (Å²) < 4.78 is 11.1. The van der Waals surface area contributed by atoms with Crippen molar-refractivity contribution < 1.29 is 24.0 Å². The molecule has 2 aliphatic heterocycles. The summed E-state index contributed by atoms with van der Waals surface area (Å²) in [5, 5.41) is 16.1. The Morgan fingerprint density at radius 1 is 1.21 bits per heavy atom. The highest BCUT2D eigenvalue weighted by atomic mass is 32.1. The fraction of sp³-hybridized carbons (Fsp3) is 0.261. The van der Waals surface area contributed by atoms with Crippen molar-refractivity contribution in [2.75, 3.05) is 30.0 Å². The smallest absolute Gasteiger partial charge is 0.272 e. The zero-order valence-corrected chi connectivity index (χ0v) is 19.0. The molecule has 0 saturated carbocycles. The summed E-state index contributed by atoms with van der Waals surface area (Å²) in [5.41, 5.74) is 2.35. The average molecular weight is 481 g/mol. The molecule has 11 heteroatoms. The molecule has 1 unspecified atom stereocenters. The van der Waals surface area contributed by atoms with Crippen molar-refractivity contribution in [2.45, 2.75) is 13.3 Å². The van der Waals surface area contributed by atoms with E-state index in [0.29, 0.717) is 52.4 Å². The first-order chi connectivity index (χ1) is 16.4. The van der Waals surface area contributed by atoms with Crippen LogP contribution < -0.4 is 19.7 Å². The van der Waals surface area contributed by atoms with E-state index in [1.807, 2.05) is 0 Å². The van der Waals surface area contributed by atoms with E-state index in [4.69, 9.17) is 9.47 Å². The molecule has 5 rings (SSSR count). The van der Waals surface area contributed by atoms with Crippen LogP contribution in [0, 0.1) is 23.0 Å². The van der Waals surface area contributed by atoms with E-state index < -0.39 is 10.8 Å². The van der Waals surface area contributed by atoms with Gasteiger partial charge in [-0.25, -0.2) is 4.98 Å². The molecule has 2 amide bonds. The highest BCUT2D eigenvalue weighted by molar-refractivity contribution is 7.14. The van der Waals surface area contributed by atoms with Crippen LogP contribution in [-0.4, -0.2) is 41.5 Å². The number of nitrogens with one attached hydrogen (secondary N) is 1. The predicted molar refractivity (Wildman–Crippen MR) is 125 cm³/mol. The van der Waals surface area contributed by atoms with Crippen molar-refractivity contribution in [2.24, 2.45) is 5.92 Å². The van der Waals surface area contributed by atoms with Gasteiger partial charge in [-0.05, 0) is 19.1 Å². The number of aryl methyl sites for hydroxylation is 1. The standard InChI is InChI=1S/C23H20N4O6S/c1-13-2-3-14(8-18(13)27(30)31)17-12-34-23(24-17)25-22(29)15-9-21(28)26(11-15)16-4-5-19-20(10-16)33-7-6-32-19/h2-5,8,10,12,15H,6-7,9,11H2,1H3,(H,24,25,29). The van der Waals surface area contributed by atoms with Gasteiger partial charge in [-0.1, -0.05) is 12.1 Å². The molecule has 3 aromatic rings. The second kappa shape index (κ2) is 8.75. The highest BCUT2D eigenvalue weighted by Crippen LogP contribution is 2.36. The van der Waals surface area contributed by atoms with Gasteiger partial charge in [0.1, 0.15) is 13.2 Å². The Labute approximate surface area is 198 Å². The lowest BCUT2D eigenvalue weighted by molar-refractivity contribution is -0.385. The quantitative estimate of drug-likeness (QED) is 0.435. The number of carbonyl (C=O) groups is 2. The number of benzene rings is 2. The van der Waals surface area contributed by atoms with Crippen LogP contribution in [0.5, 0.6) is 11.5 Å². The van der Waals surface area contributed by atoms with Gasteiger partial charge >= 0.3 is 0 Å². The number of thiazole rings is 1. The zero-order chi connectivity index (χ0) is 23.8. The van der Waals surface area contributed by atoms with E-state index in [2.05, 4.69) is 10.3 Å². The SMILES string of the molecule is Cc1ccc(-c2csc(NC(=O)C3CC(=O)N(c4ccc5c(c4)OCCO5)C3)n2)cc1[N+](=O)[O-]. The molecule has 174 valence electrons. The number of rotatable bonds is 5. The summed E-state index contributed by atoms with van der Waals surface area (Å²) in [5.74, 6) is 0.229. The Morgan fingerprint density at radius 2 is 2.00 bits per heavy atom. The molecule has 1 saturated heterocycles. The largest absolute Gasteiger partial charge is 0.486 e. The molecule has 3 heterocycles. The third kappa shape index (κ3) is 4.17. The Kier molecular flexibility index (Phi) is 5.62. The van der Waals surface area contributed by atoms with Gasteiger partial charge in [0.05, 0.1) is 16.5 Å². The summed E-state index contributed by atoms with van der Waals surface area (Å²) in [6.45, 7) is 2.84. The van der Waals surface area contributed by atoms with Crippen LogP contribution in [0.1, 0.15) is 12.0 Å². The number of anilines is 2. The van der Waals surface area contributed by atoms with Gasteiger partial charge in [0.2, 0.25) is 11.8 Å². The summed E-state index contributed by atoms with van der Waals surface area (Å²) in [7, 11) is 0. The number of ether oxygens (including phenoxy) is 2. The second-order valence-electron chi connectivity index (χ2n) is 8.02. The summed E-state index contributed by atoms with van der Waals surface area (Å²) in [6, 6.07) is 10.2. The Balaban J connectivity index is 1.27. The second-order valence-corrected chi connectivity index (χ2v) is 8.88. The van der Waals surface area contributed by atoms with Gasteiger partial charge in [-0.15, -0.1) is 11.3 Å². The Hall–Kier alpha value is -3.99. The van der Waals surface area contributed by atoms with Crippen LogP contribution in [0.2, 0.25) is 0 Å². The molecule has 10 nitrogen and oxygen atoms in total. The first kappa shape index (κ1) is 21.8. The van der Waals surface area contributed by atoms with Crippen LogP contribution in [0.25, 0.3) is 11.3 Å². The Morgan fingerprint density at radius 3 is 2.79 bits per heavy atom. The number of hydrogen-bond acceptors (Lipinski definition) is 8. The zero-order valence-electron chi connectivity index (χ0n) is 18.1. The number of aromatic nitrogens is 1. The number of hydrogen-bond donors (Lipinski definition) is 1. The number of nitro benzene ring substituents is 1. The van der Waals surface area contributed by atoms with E-state index in [1.54, 1.807) is 47.5 Å². The third-order valence-corrected chi connectivity index (χ3v) is 6.53. The molecule has 1 atom stereocenters. The minimum atomic E-state index is -0.534. The molecule has 34 heavy (non-hydrogen) atoms. The minimum absolute atomic E-state index is 0.0137. The fourth-order valence-corrected chi connectivity index (χ4v) is 4.69. The lowest BCUT2D eigenvalue weighted by atomic mass is 10.1. The molecule has 0 aliphatic carbocycles. The molecular formula is C23H20N4O6S. The molecular weight excluding hydrogens is 460 g/mol. The highest BCUT2D eigenvalue weighted by Gasteiger charge is 2.36. The maximum atomic E-state index is 12.8. The average Bonchev–Trinajstić information content (AvgIpc) is 3.45. The van der Waals surface area contributed by atoms with Crippen LogP contribution in [0.15, 0.2) is 41.8 Å². The van der Waals surface area contributed by atoms with E-state index in [-0.39, 0.29) is 30.5 Å².